The Labute approximate surface area is 149 Å². The van der Waals surface area contributed by atoms with Crippen molar-refractivity contribution in [2.75, 3.05) is 5.32 Å². The van der Waals surface area contributed by atoms with E-state index in [1.165, 1.54) is 27.3 Å². The van der Waals surface area contributed by atoms with Crippen molar-refractivity contribution in [1.29, 1.82) is 0 Å². The fraction of sp³-hybridized carbons (Fsp3) is 0.250. The summed E-state index contributed by atoms with van der Waals surface area (Å²) in [6, 6.07) is 17.1. The molecule has 4 rings (SSSR count). The second-order valence-electron chi connectivity index (χ2n) is 6.60. The number of fused-ring (bicyclic) bond motifs is 3. The highest BCUT2D eigenvalue weighted by molar-refractivity contribution is 7.68. The Morgan fingerprint density at radius 3 is 2.50 bits per heavy atom. The van der Waals surface area contributed by atoms with Crippen LogP contribution in [0.2, 0.25) is 0 Å². The molecular weight excluding hydrogens is 332 g/mol. The van der Waals surface area contributed by atoms with Gasteiger partial charge < -0.3 is 5.32 Å². The van der Waals surface area contributed by atoms with E-state index in [0.29, 0.717) is 0 Å². The lowest BCUT2D eigenvalue weighted by Gasteiger charge is -2.33. The minimum absolute atomic E-state index is 0.0648. The molecule has 0 saturated carbocycles. The quantitative estimate of drug-likeness (QED) is 0.568. The van der Waals surface area contributed by atoms with Crippen LogP contribution >= 0.6 is 20.7 Å². The molecule has 1 aliphatic rings. The number of benzene rings is 2. The monoisotopic (exact) mass is 352 g/mol. The van der Waals surface area contributed by atoms with E-state index >= 15 is 0 Å². The van der Waals surface area contributed by atoms with Crippen LogP contribution in [-0.2, 0) is 12.0 Å². The smallest absolute Gasteiger partial charge is 0.135 e. The average molecular weight is 353 g/mol. The first kappa shape index (κ1) is 15.6. The normalized spacial score (nSPS) is 15.5. The predicted molar refractivity (Wildman–Crippen MR) is 105 cm³/mol. The maximum Gasteiger partial charge on any atom is 0.135 e. The molecule has 0 fully saturated rings. The first-order valence-corrected chi connectivity index (χ1v) is 10.4. The summed E-state index contributed by atoms with van der Waals surface area (Å²) in [6.07, 6.45) is 1.06. The molecular formula is C20H20N2S2. The zero-order valence-corrected chi connectivity index (χ0v) is 15.7. The lowest BCUT2D eigenvalue weighted by atomic mass is 9.90. The van der Waals surface area contributed by atoms with Gasteiger partial charge in [-0.2, -0.15) is 0 Å². The lowest BCUT2D eigenvalue weighted by Crippen LogP contribution is -2.31. The molecule has 0 aliphatic carbocycles. The Balaban J connectivity index is 1.91. The predicted octanol–water partition coefficient (Wildman–Crippen LogP) is 5.93. The van der Waals surface area contributed by atoms with Crippen LogP contribution in [0.25, 0.3) is 11.1 Å². The maximum atomic E-state index is 4.96. The molecule has 0 saturated heterocycles. The summed E-state index contributed by atoms with van der Waals surface area (Å²) in [5.74, 6) is 0. The van der Waals surface area contributed by atoms with Gasteiger partial charge in [0.05, 0.1) is 16.1 Å². The summed E-state index contributed by atoms with van der Waals surface area (Å²) in [5.41, 5.74) is 6.05. The molecule has 0 atom stereocenters. The van der Waals surface area contributed by atoms with E-state index in [-0.39, 0.29) is 5.54 Å². The first-order chi connectivity index (χ1) is 11.6. The van der Waals surface area contributed by atoms with E-state index in [1.807, 2.05) is 10.3 Å². The first-order valence-electron chi connectivity index (χ1n) is 8.23. The SMILES string of the molecule is CCc1ccc(N=c2ssc3c2-c2ccccc2NC3(C)C)cc1. The standard InChI is InChI=1S/C20H20N2S2/c1-4-13-9-11-14(12-10-13)21-19-17-15-7-5-6-8-16(15)22-20(2,3)18(17)23-24-19/h5-12,22H,4H2,1-3H3. The number of hydrogen-bond acceptors (Lipinski definition) is 4. The van der Waals surface area contributed by atoms with Gasteiger partial charge in [0.15, 0.2) is 0 Å². The van der Waals surface area contributed by atoms with Gasteiger partial charge in [0.25, 0.3) is 0 Å². The molecule has 0 spiro atoms. The van der Waals surface area contributed by atoms with Crippen LogP contribution in [0.3, 0.4) is 0 Å². The number of aryl methyl sites for hydroxylation is 1. The van der Waals surface area contributed by atoms with Gasteiger partial charge >= 0.3 is 0 Å². The largest absolute Gasteiger partial charge is 0.375 e. The summed E-state index contributed by atoms with van der Waals surface area (Å²) < 4.78 is 1.11. The maximum absolute atomic E-state index is 4.96. The number of para-hydroxylation sites is 1. The van der Waals surface area contributed by atoms with E-state index < -0.39 is 0 Å². The van der Waals surface area contributed by atoms with Gasteiger partial charge in [0, 0.05) is 16.8 Å². The van der Waals surface area contributed by atoms with Gasteiger partial charge in [-0.15, -0.1) is 0 Å². The van der Waals surface area contributed by atoms with Crippen molar-refractivity contribution in [2.24, 2.45) is 4.99 Å². The summed E-state index contributed by atoms with van der Waals surface area (Å²) >= 11 is 0. The van der Waals surface area contributed by atoms with Crippen LogP contribution in [0.15, 0.2) is 53.5 Å². The Bertz CT molecular complexity index is 946. The highest BCUT2D eigenvalue weighted by Crippen LogP contribution is 2.45. The van der Waals surface area contributed by atoms with E-state index in [1.54, 1.807) is 10.3 Å². The Hall–Kier alpha value is -1.91. The molecule has 3 aromatic rings. The Kier molecular flexibility index (Phi) is 3.82. The molecule has 2 nitrogen and oxygen atoms in total. The van der Waals surface area contributed by atoms with Crippen molar-refractivity contribution < 1.29 is 0 Å². The molecule has 1 aliphatic heterocycles. The molecule has 2 heterocycles. The topological polar surface area (TPSA) is 24.4 Å². The van der Waals surface area contributed by atoms with Gasteiger partial charge in [0.1, 0.15) is 4.67 Å². The Morgan fingerprint density at radius 1 is 1.00 bits per heavy atom. The van der Waals surface area contributed by atoms with Crippen LogP contribution < -0.4 is 9.99 Å². The summed E-state index contributed by atoms with van der Waals surface area (Å²) in [6.45, 7) is 6.66. The van der Waals surface area contributed by atoms with Crippen molar-refractivity contribution in [2.45, 2.75) is 32.7 Å². The zero-order valence-electron chi connectivity index (χ0n) is 14.1. The van der Waals surface area contributed by atoms with Crippen molar-refractivity contribution in [1.82, 2.24) is 0 Å². The summed E-state index contributed by atoms with van der Waals surface area (Å²) in [5, 5.41) is 3.66. The third-order valence-electron chi connectivity index (χ3n) is 4.43. The number of rotatable bonds is 2. The Morgan fingerprint density at radius 2 is 1.75 bits per heavy atom. The minimum Gasteiger partial charge on any atom is -0.375 e. The van der Waals surface area contributed by atoms with Crippen molar-refractivity contribution >= 4 is 32.1 Å². The minimum atomic E-state index is -0.0648. The molecule has 122 valence electrons. The molecule has 2 aromatic carbocycles. The van der Waals surface area contributed by atoms with E-state index in [2.05, 4.69) is 74.6 Å². The molecule has 24 heavy (non-hydrogen) atoms. The number of nitrogens with zero attached hydrogens (tertiary/aromatic N) is 1. The van der Waals surface area contributed by atoms with Crippen molar-refractivity contribution in [3.8, 4) is 11.1 Å². The highest BCUT2D eigenvalue weighted by atomic mass is 32.9. The number of hydrogen-bond donors (Lipinski definition) is 1. The number of nitrogens with one attached hydrogen (secondary N) is 1. The summed E-state index contributed by atoms with van der Waals surface area (Å²) in [4.78, 5) is 6.33. The molecule has 4 heteroatoms. The molecule has 0 bridgehead atoms. The molecule has 1 N–H and O–H groups in total. The lowest BCUT2D eigenvalue weighted by molar-refractivity contribution is 0.619. The highest BCUT2D eigenvalue weighted by Gasteiger charge is 2.33. The van der Waals surface area contributed by atoms with Crippen LogP contribution in [-0.4, -0.2) is 0 Å². The molecule has 0 amide bonds. The second-order valence-corrected chi connectivity index (χ2v) is 8.73. The van der Waals surface area contributed by atoms with Gasteiger partial charge in [-0.25, -0.2) is 4.99 Å². The summed E-state index contributed by atoms with van der Waals surface area (Å²) in [7, 11) is 3.61. The van der Waals surface area contributed by atoms with E-state index in [4.69, 9.17) is 4.99 Å². The van der Waals surface area contributed by atoms with Gasteiger partial charge in [-0.1, -0.05) is 57.9 Å². The fourth-order valence-electron chi connectivity index (χ4n) is 3.12. The zero-order chi connectivity index (χ0) is 16.7. The molecule has 1 aromatic heterocycles. The van der Waals surface area contributed by atoms with Crippen molar-refractivity contribution in [3.05, 3.63) is 63.6 Å². The third kappa shape index (κ3) is 2.60. The van der Waals surface area contributed by atoms with Crippen LogP contribution in [0.5, 0.6) is 0 Å². The van der Waals surface area contributed by atoms with Crippen molar-refractivity contribution in [3.63, 3.8) is 0 Å². The second kappa shape index (κ2) is 5.87. The average Bonchev–Trinajstić information content (AvgIpc) is 3.00. The van der Waals surface area contributed by atoms with Crippen LogP contribution in [0, 0.1) is 0 Å². The van der Waals surface area contributed by atoms with Crippen LogP contribution in [0.1, 0.15) is 31.2 Å². The van der Waals surface area contributed by atoms with Gasteiger partial charge in [-0.3, -0.25) is 0 Å². The van der Waals surface area contributed by atoms with Gasteiger partial charge in [-0.05, 0) is 44.0 Å². The van der Waals surface area contributed by atoms with E-state index in [0.717, 1.165) is 16.8 Å². The van der Waals surface area contributed by atoms with E-state index in [9.17, 15) is 0 Å². The fourth-order valence-corrected chi connectivity index (χ4v) is 6.06. The van der Waals surface area contributed by atoms with Crippen LogP contribution in [0.4, 0.5) is 11.4 Å². The molecule has 0 unspecified atom stereocenters. The third-order valence-corrected chi connectivity index (χ3v) is 7.07. The molecule has 0 radical (unpaired) electrons. The number of anilines is 1. The van der Waals surface area contributed by atoms with Gasteiger partial charge in [0.2, 0.25) is 0 Å².